The zero-order chi connectivity index (χ0) is 29.8. The minimum absolute atomic E-state index is 0. The van der Waals surface area contributed by atoms with Gasteiger partial charge in [-0.15, -0.1) is 0 Å². The Morgan fingerprint density at radius 3 is 0.854 bits per heavy atom. The van der Waals surface area contributed by atoms with Crippen LogP contribution in [0.25, 0.3) is 0 Å². The van der Waals surface area contributed by atoms with E-state index in [1.54, 1.807) is 0 Å². The van der Waals surface area contributed by atoms with Gasteiger partial charge in [-0.2, -0.15) is 0 Å². The SMILES string of the molecule is CCCCCCCC/C=C\CCCCCCCC(=O)[O-].CCCCCCCC/C=C\CCCCCCCC(=O)[O-].[Sn+2]. The molecule has 4 nitrogen and oxygen atoms in total. The predicted molar refractivity (Wildman–Crippen MR) is 175 cm³/mol. The maximum absolute atomic E-state index is 10.2. The van der Waals surface area contributed by atoms with Crippen molar-refractivity contribution in [2.24, 2.45) is 0 Å². The van der Waals surface area contributed by atoms with Crippen molar-refractivity contribution in [1.29, 1.82) is 0 Å². The van der Waals surface area contributed by atoms with E-state index in [2.05, 4.69) is 38.2 Å². The molecule has 0 aromatic rings. The van der Waals surface area contributed by atoms with Crippen molar-refractivity contribution < 1.29 is 19.8 Å². The largest absolute Gasteiger partial charge is 2.00 e. The van der Waals surface area contributed by atoms with Gasteiger partial charge in [-0.05, 0) is 77.0 Å². The minimum atomic E-state index is -0.914. The Hall–Kier alpha value is -0.781. The summed E-state index contributed by atoms with van der Waals surface area (Å²) in [5.74, 6) is -1.83. The second-order valence-corrected chi connectivity index (χ2v) is 11.4. The molecule has 0 heterocycles. The standard InChI is InChI=1S/2C18H34O2.Sn/c2*1-2-3-4-5-6-7-8-9-10-11-12-13-14-15-16-17-18(19)20;/h2*9-10H,2-8,11-17H2,1H3,(H,19,20);/q;;+2/p-2/b2*10-9-;. The van der Waals surface area contributed by atoms with Gasteiger partial charge in [-0.1, -0.05) is 141 Å². The molecule has 0 spiro atoms. The van der Waals surface area contributed by atoms with Crippen LogP contribution >= 0.6 is 0 Å². The van der Waals surface area contributed by atoms with Crippen molar-refractivity contribution in [3.63, 3.8) is 0 Å². The number of allylic oxidation sites excluding steroid dienone is 4. The van der Waals surface area contributed by atoms with Crippen LogP contribution in [0.5, 0.6) is 0 Å². The summed E-state index contributed by atoms with van der Waals surface area (Å²) in [4.78, 5) is 20.4. The number of hydrogen-bond donors (Lipinski definition) is 0. The van der Waals surface area contributed by atoms with Gasteiger partial charge in [0.15, 0.2) is 0 Å². The van der Waals surface area contributed by atoms with Crippen molar-refractivity contribution in [1.82, 2.24) is 0 Å². The number of carboxylic acids is 2. The van der Waals surface area contributed by atoms with E-state index in [1.807, 2.05) is 0 Å². The molecule has 2 radical (unpaired) electrons. The Kier molecular flexibility index (Phi) is 45.0. The second-order valence-electron chi connectivity index (χ2n) is 11.4. The van der Waals surface area contributed by atoms with Crippen molar-refractivity contribution in [2.75, 3.05) is 0 Å². The fraction of sp³-hybridized carbons (Fsp3) is 0.833. The molecule has 0 bridgehead atoms. The summed E-state index contributed by atoms with van der Waals surface area (Å²) in [6, 6.07) is 0. The van der Waals surface area contributed by atoms with Crippen molar-refractivity contribution in [2.45, 2.75) is 194 Å². The third kappa shape index (κ3) is 49.2. The molecule has 0 aliphatic heterocycles. The Morgan fingerprint density at radius 1 is 0.390 bits per heavy atom. The van der Waals surface area contributed by atoms with Crippen molar-refractivity contribution >= 4 is 35.8 Å². The quantitative estimate of drug-likeness (QED) is 0.0430. The molecule has 0 aromatic carbocycles. The molecule has 0 aromatic heterocycles. The van der Waals surface area contributed by atoms with Gasteiger partial charge in [-0.3, -0.25) is 0 Å². The number of carboxylic acid groups (broad SMARTS) is 2. The topological polar surface area (TPSA) is 80.3 Å². The fourth-order valence-corrected chi connectivity index (χ4v) is 4.68. The molecule has 0 aliphatic rings. The summed E-state index contributed by atoms with van der Waals surface area (Å²) in [5, 5.41) is 20.4. The van der Waals surface area contributed by atoms with Crippen LogP contribution in [0, 0.1) is 0 Å². The third-order valence-corrected chi connectivity index (χ3v) is 7.29. The molecule has 41 heavy (non-hydrogen) atoms. The van der Waals surface area contributed by atoms with E-state index in [1.165, 1.54) is 128 Å². The second kappa shape index (κ2) is 41.4. The molecule has 238 valence electrons. The molecule has 5 heteroatoms. The summed E-state index contributed by atoms with van der Waals surface area (Å²) in [7, 11) is 0. The van der Waals surface area contributed by atoms with E-state index in [4.69, 9.17) is 0 Å². The van der Waals surface area contributed by atoms with Crippen LogP contribution in [-0.2, 0) is 9.59 Å². The van der Waals surface area contributed by atoms with Crippen molar-refractivity contribution in [3.05, 3.63) is 24.3 Å². The molecular formula is C36H66O4Sn. The van der Waals surface area contributed by atoms with E-state index >= 15 is 0 Å². The minimum Gasteiger partial charge on any atom is -0.550 e. The first-order valence-electron chi connectivity index (χ1n) is 17.2. The molecule has 0 fully saturated rings. The van der Waals surface area contributed by atoms with Gasteiger partial charge in [0.25, 0.3) is 0 Å². The van der Waals surface area contributed by atoms with Gasteiger partial charge in [0, 0.05) is 11.9 Å². The average molecular weight is 682 g/mol. The number of aliphatic carboxylic acids is 2. The van der Waals surface area contributed by atoms with Gasteiger partial charge in [-0.25, -0.2) is 0 Å². The first-order valence-corrected chi connectivity index (χ1v) is 17.2. The van der Waals surface area contributed by atoms with Crippen LogP contribution in [0.15, 0.2) is 24.3 Å². The zero-order valence-electron chi connectivity index (χ0n) is 27.2. The number of carbonyl (C=O) groups is 2. The number of rotatable bonds is 30. The molecule has 0 atom stereocenters. The van der Waals surface area contributed by atoms with E-state index in [9.17, 15) is 19.8 Å². The summed E-state index contributed by atoms with van der Waals surface area (Å²) in [6.07, 6.45) is 41.8. The average Bonchev–Trinajstić information content (AvgIpc) is 2.93. The van der Waals surface area contributed by atoms with Crippen LogP contribution in [0.3, 0.4) is 0 Å². The van der Waals surface area contributed by atoms with Gasteiger partial charge in [0.2, 0.25) is 0 Å². The van der Waals surface area contributed by atoms with Gasteiger partial charge in [0.1, 0.15) is 0 Å². The predicted octanol–water partition coefficient (Wildman–Crippen LogP) is 9.17. The number of carbonyl (C=O) groups excluding carboxylic acids is 2. The Labute approximate surface area is 272 Å². The number of hydrogen-bond acceptors (Lipinski definition) is 4. The molecule has 0 rings (SSSR count). The van der Waals surface area contributed by atoms with Gasteiger partial charge >= 0.3 is 23.9 Å². The summed E-state index contributed by atoms with van der Waals surface area (Å²) >= 11 is 0. The first kappa shape index (κ1) is 44.7. The smallest absolute Gasteiger partial charge is 0.550 e. The normalized spacial score (nSPS) is 11.0. The maximum Gasteiger partial charge on any atom is 2.00 e. The van der Waals surface area contributed by atoms with Crippen LogP contribution in [0.1, 0.15) is 194 Å². The van der Waals surface area contributed by atoms with Crippen LogP contribution in [0.2, 0.25) is 0 Å². The fourth-order valence-electron chi connectivity index (χ4n) is 4.68. The Morgan fingerprint density at radius 2 is 0.610 bits per heavy atom. The molecule has 0 saturated carbocycles. The first-order chi connectivity index (χ1) is 19.5. The molecule has 0 N–H and O–H groups in total. The number of unbranched alkanes of at least 4 members (excludes halogenated alkanes) is 22. The molecule has 0 saturated heterocycles. The van der Waals surface area contributed by atoms with Gasteiger partial charge in [0.05, 0.1) is 0 Å². The Bertz CT molecular complexity index is 524. The van der Waals surface area contributed by atoms with E-state index in [-0.39, 0.29) is 36.7 Å². The van der Waals surface area contributed by atoms with Crippen LogP contribution < -0.4 is 10.2 Å². The molecular weight excluding hydrogens is 615 g/mol. The van der Waals surface area contributed by atoms with Gasteiger partial charge < -0.3 is 19.8 Å². The van der Waals surface area contributed by atoms with Crippen LogP contribution in [0.4, 0.5) is 0 Å². The molecule has 0 amide bonds. The van der Waals surface area contributed by atoms with Crippen molar-refractivity contribution in [3.8, 4) is 0 Å². The monoisotopic (exact) mass is 682 g/mol. The maximum atomic E-state index is 10.2. The third-order valence-electron chi connectivity index (χ3n) is 7.29. The van der Waals surface area contributed by atoms with E-state index in [0.717, 1.165) is 38.5 Å². The Balaban J connectivity index is -0.000000688. The summed E-state index contributed by atoms with van der Waals surface area (Å²) in [6.45, 7) is 4.51. The van der Waals surface area contributed by atoms with E-state index < -0.39 is 11.9 Å². The molecule has 0 aliphatic carbocycles. The van der Waals surface area contributed by atoms with E-state index in [0.29, 0.717) is 0 Å². The van der Waals surface area contributed by atoms with Crippen LogP contribution in [-0.4, -0.2) is 35.8 Å². The zero-order valence-corrected chi connectivity index (χ0v) is 30.1. The molecule has 0 unspecified atom stereocenters. The summed E-state index contributed by atoms with van der Waals surface area (Å²) in [5.41, 5.74) is 0. The summed E-state index contributed by atoms with van der Waals surface area (Å²) < 4.78 is 0.